The Hall–Kier alpha value is -0.605. The molecule has 3 N–H and O–H groups in total. The van der Waals surface area contributed by atoms with E-state index in [9.17, 15) is 23.4 Å². The third-order valence-electron chi connectivity index (χ3n) is 1.61. The standard InChI is InChI=1S/C7H7NO6S.2Li/c8-3-1-2-4(9)5(7(10)11)6(3)15(12,13)14;;/h1-2,9H,8H2,(H,10,11)(H,12,13,14);;/q;2*+1/p-2. The predicted octanol–water partition coefficient (Wildman–Crippen LogP) is -8.04. The maximum absolute atomic E-state index is 11.0. The van der Waals surface area contributed by atoms with Crippen molar-refractivity contribution in [3.8, 4) is 5.75 Å². The number of nitrogens with two attached hydrogens (primary N) is 1. The number of carboxylic acids is 1. The van der Waals surface area contributed by atoms with Gasteiger partial charge in [0.2, 0.25) is 0 Å². The fourth-order valence-electron chi connectivity index (χ4n) is 1.05. The van der Waals surface area contributed by atoms with Gasteiger partial charge in [0.25, 0.3) is 10.1 Å². The van der Waals surface area contributed by atoms with Crippen molar-refractivity contribution >= 4 is 21.8 Å². The molecule has 0 spiro atoms. The summed E-state index contributed by atoms with van der Waals surface area (Å²) in [7, 11) is -4.88. The molecule has 1 aromatic rings. The van der Waals surface area contributed by atoms with Crippen LogP contribution in [-0.4, -0.2) is 18.9 Å². The molecule has 0 atom stereocenters. The summed E-state index contributed by atoms with van der Waals surface area (Å²) in [6.45, 7) is 0. The summed E-state index contributed by atoms with van der Waals surface area (Å²) >= 11 is 0. The van der Waals surface area contributed by atoms with E-state index >= 15 is 0 Å². The Labute approximate surface area is 121 Å². The molecule has 1 rings (SSSR count). The van der Waals surface area contributed by atoms with Crippen LogP contribution >= 0.6 is 0 Å². The first-order chi connectivity index (χ1) is 6.75. The number of hydrogen-bond acceptors (Lipinski definition) is 6. The Morgan fingerprint density at radius 2 is 1.76 bits per heavy atom. The molecular formula is C7H5Li2NO6S. The zero-order chi connectivity index (χ0) is 11.8. The molecule has 0 aliphatic carbocycles. The Bertz CT molecular complexity index is 529. The summed E-state index contributed by atoms with van der Waals surface area (Å²) < 4.78 is 30.2. The molecule has 0 saturated carbocycles. The molecular weight excluding hydrogens is 240 g/mol. The van der Waals surface area contributed by atoms with E-state index in [0.717, 1.165) is 12.1 Å². The van der Waals surface area contributed by atoms with Crippen molar-refractivity contribution in [1.82, 2.24) is 0 Å². The van der Waals surface area contributed by atoms with Gasteiger partial charge >= 0.3 is 37.7 Å². The molecule has 0 fully saturated rings. The molecule has 17 heavy (non-hydrogen) atoms. The maximum Gasteiger partial charge on any atom is 1.00 e. The van der Waals surface area contributed by atoms with Crippen molar-refractivity contribution in [2.75, 3.05) is 5.73 Å². The number of nitrogen functional groups attached to an aromatic ring is 1. The van der Waals surface area contributed by atoms with Crippen molar-refractivity contribution in [3.63, 3.8) is 0 Å². The monoisotopic (exact) mass is 245 g/mol. The fourth-order valence-corrected chi connectivity index (χ4v) is 1.86. The van der Waals surface area contributed by atoms with Crippen LogP contribution < -0.4 is 53.7 Å². The second-order valence-corrected chi connectivity index (χ2v) is 3.98. The van der Waals surface area contributed by atoms with Crippen molar-refractivity contribution in [3.05, 3.63) is 17.7 Å². The van der Waals surface area contributed by atoms with Crippen LogP contribution in [-0.2, 0) is 10.1 Å². The smallest absolute Gasteiger partial charge is 0.872 e. The van der Waals surface area contributed by atoms with Crippen LogP contribution in [0.25, 0.3) is 0 Å². The van der Waals surface area contributed by atoms with E-state index in [1.165, 1.54) is 0 Å². The molecule has 0 radical (unpaired) electrons. The first-order valence-corrected chi connectivity index (χ1v) is 4.97. The van der Waals surface area contributed by atoms with E-state index in [-0.39, 0.29) is 37.7 Å². The van der Waals surface area contributed by atoms with Gasteiger partial charge in [0.15, 0.2) is 0 Å². The van der Waals surface area contributed by atoms with E-state index in [0.29, 0.717) is 0 Å². The molecule has 0 aliphatic rings. The summed E-state index contributed by atoms with van der Waals surface area (Å²) in [5.74, 6) is -3.11. The molecule has 0 saturated heterocycles. The van der Waals surface area contributed by atoms with Crippen LogP contribution in [0.5, 0.6) is 5.75 Å². The second-order valence-electron chi connectivity index (χ2n) is 2.62. The second kappa shape index (κ2) is 6.36. The van der Waals surface area contributed by atoms with Gasteiger partial charge in [0, 0.05) is 5.56 Å². The molecule has 10 heteroatoms. The van der Waals surface area contributed by atoms with E-state index in [4.69, 9.17) is 10.3 Å². The molecule has 1 aromatic carbocycles. The first-order valence-electron chi connectivity index (χ1n) is 3.53. The van der Waals surface area contributed by atoms with Crippen molar-refractivity contribution in [1.29, 1.82) is 0 Å². The van der Waals surface area contributed by atoms with Gasteiger partial charge in [-0.25, -0.2) is 0 Å². The molecule has 7 nitrogen and oxygen atoms in total. The maximum atomic E-state index is 11.0. The molecule has 82 valence electrons. The zero-order valence-corrected chi connectivity index (χ0v) is 9.95. The minimum Gasteiger partial charge on any atom is -0.872 e. The Balaban J connectivity index is 0. The zero-order valence-electron chi connectivity index (χ0n) is 9.13. The van der Waals surface area contributed by atoms with Gasteiger partial charge < -0.3 is 20.7 Å². The van der Waals surface area contributed by atoms with Crippen LogP contribution in [0.4, 0.5) is 5.69 Å². The fraction of sp³-hybridized carbons (Fsp3) is 0. The molecule has 0 unspecified atom stereocenters. The molecule has 0 bridgehead atoms. The van der Waals surface area contributed by atoms with E-state index in [1.807, 2.05) is 0 Å². The third kappa shape index (κ3) is 3.96. The summed E-state index contributed by atoms with van der Waals surface area (Å²) in [6.07, 6.45) is 0. The van der Waals surface area contributed by atoms with Gasteiger partial charge in [-0.3, -0.25) is 4.55 Å². The topological polar surface area (TPSA) is 144 Å². The van der Waals surface area contributed by atoms with Gasteiger partial charge in [-0.2, -0.15) is 8.42 Å². The van der Waals surface area contributed by atoms with Crippen LogP contribution in [0.15, 0.2) is 17.0 Å². The number of benzene rings is 1. The van der Waals surface area contributed by atoms with Crippen LogP contribution in [0.1, 0.15) is 10.4 Å². The quantitative estimate of drug-likeness (QED) is 0.299. The summed E-state index contributed by atoms with van der Waals surface area (Å²) in [5.41, 5.74) is 3.44. The average molecular weight is 245 g/mol. The minimum atomic E-state index is -4.88. The number of anilines is 1. The predicted molar refractivity (Wildman–Crippen MR) is 44.4 cm³/mol. The summed E-state index contributed by atoms with van der Waals surface area (Å²) in [4.78, 5) is 9.37. The number of aromatic carboxylic acids is 1. The minimum absolute atomic E-state index is 0. The molecule has 0 aliphatic heterocycles. The largest absolute Gasteiger partial charge is 1.00 e. The van der Waals surface area contributed by atoms with Crippen molar-refractivity contribution < 1.29 is 65.7 Å². The first kappa shape index (κ1) is 18.8. The third-order valence-corrected chi connectivity index (χ3v) is 2.57. The molecule has 0 heterocycles. The van der Waals surface area contributed by atoms with Gasteiger partial charge in [-0.1, -0.05) is 11.8 Å². The van der Waals surface area contributed by atoms with Gasteiger partial charge in [0.05, 0.1) is 11.7 Å². The number of carbonyl (C=O) groups is 1. The van der Waals surface area contributed by atoms with Gasteiger partial charge in [-0.05, 0) is 6.07 Å². The van der Waals surface area contributed by atoms with E-state index in [1.54, 1.807) is 0 Å². The number of carbonyl (C=O) groups excluding carboxylic acids is 1. The van der Waals surface area contributed by atoms with Crippen molar-refractivity contribution in [2.45, 2.75) is 4.90 Å². The van der Waals surface area contributed by atoms with Crippen molar-refractivity contribution in [2.24, 2.45) is 0 Å². The van der Waals surface area contributed by atoms with Gasteiger partial charge in [-0.15, -0.1) is 0 Å². The Kier molecular flexibility index (Phi) is 7.02. The van der Waals surface area contributed by atoms with Crippen LogP contribution in [0.3, 0.4) is 0 Å². The van der Waals surface area contributed by atoms with Crippen LogP contribution in [0, 0.1) is 0 Å². The van der Waals surface area contributed by atoms with E-state index in [2.05, 4.69) is 0 Å². The summed E-state index contributed by atoms with van der Waals surface area (Å²) in [6, 6.07) is 1.66. The molecule has 0 amide bonds. The number of rotatable bonds is 2. The SMILES string of the molecule is Nc1ccc([O-])c(C(=O)[O-])c1S(=O)(=O)O.[Li+].[Li+]. The molecule has 0 aromatic heterocycles. The van der Waals surface area contributed by atoms with E-state index < -0.39 is 38.0 Å². The van der Waals surface area contributed by atoms with Gasteiger partial charge in [0.1, 0.15) is 4.90 Å². The Morgan fingerprint density at radius 1 is 1.29 bits per heavy atom. The number of hydrogen-bond donors (Lipinski definition) is 2. The number of carboxylic acid groups (broad SMARTS) is 1. The Morgan fingerprint density at radius 3 is 2.06 bits per heavy atom. The summed E-state index contributed by atoms with van der Waals surface area (Å²) in [5, 5.41) is 21.5. The average Bonchev–Trinajstić information content (AvgIpc) is 2.05. The van der Waals surface area contributed by atoms with Crippen LogP contribution in [0.2, 0.25) is 0 Å². The normalized spacial score (nSPS) is 9.94.